The van der Waals surface area contributed by atoms with Gasteiger partial charge in [0.2, 0.25) is 0 Å². The standard InChI is InChI=1S/C18H19BrFNOS/c1-11-7-14(19)15(20)9-16(11)21-18(22)13-8-17(23-10-13)12-5-3-2-4-6-12/h7-10,12H,2-6H2,1H3,(H,21,22). The second-order valence-corrected chi connectivity index (χ2v) is 7.91. The van der Waals surface area contributed by atoms with Crippen molar-refractivity contribution in [1.29, 1.82) is 0 Å². The molecule has 122 valence electrons. The zero-order chi connectivity index (χ0) is 16.4. The summed E-state index contributed by atoms with van der Waals surface area (Å²) in [5.41, 5.74) is 2.01. The summed E-state index contributed by atoms with van der Waals surface area (Å²) in [7, 11) is 0. The quantitative estimate of drug-likeness (QED) is 0.652. The molecule has 2 aromatic rings. The van der Waals surface area contributed by atoms with E-state index in [0.29, 0.717) is 21.6 Å². The average molecular weight is 396 g/mol. The Kier molecular flexibility index (Phi) is 5.17. The molecule has 1 saturated carbocycles. The van der Waals surface area contributed by atoms with Gasteiger partial charge < -0.3 is 5.32 Å². The van der Waals surface area contributed by atoms with Gasteiger partial charge in [0.25, 0.3) is 5.91 Å². The highest BCUT2D eigenvalue weighted by Gasteiger charge is 2.19. The smallest absolute Gasteiger partial charge is 0.256 e. The van der Waals surface area contributed by atoms with E-state index in [9.17, 15) is 9.18 Å². The molecular formula is C18H19BrFNOS. The first kappa shape index (κ1) is 16.7. The molecule has 2 nitrogen and oxygen atoms in total. The number of amides is 1. The molecule has 0 atom stereocenters. The lowest BCUT2D eigenvalue weighted by atomic mass is 9.88. The van der Waals surface area contributed by atoms with Crippen molar-refractivity contribution in [2.24, 2.45) is 0 Å². The molecule has 0 radical (unpaired) electrons. The third-order valence-electron chi connectivity index (χ3n) is 4.40. The molecule has 3 rings (SSSR count). The Morgan fingerprint density at radius 3 is 2.74 bits per heavy atom. The molecule has 1 N–H and O–H groups in total. The number of hydrogen-bond acceptors (Lipinski definition) is 2. The Balaban J connectivity index is 1.74. The number of thiophene rings is 1. The van der Waals surface area contributed by atoms with Crippen LogP contribution < -0.4 is 5.32 Å². The van der Waals surface area contributed by atoms with Crippen LogP contribution in [-0.4, -0.2) is 5.91 Å². The van der Waals surface area contributed by atoms with Crippen LogP contribution >= 0.6 is 27.3 Å². The fourth-order valence-corrected chi connectivity index (χ4v) is 4.57. The second kappa shape index (κ2) is 7.14. The maximum atomic E-state index is 13.7. The topological polar surface area (TPSA) is 29.1 Å². The summed E-state index contributed by atoms with van der Waals surface area (Å²) in [5, 5.41) is 4.72. The number of aryl methyl sites for hydroxylation is 1. The van der Waals surface area contributed by atoms with E-state index in [2.05, 4.69) is 21.2 Å². The molecule has 1 fully saturated rings. The molecule has 0 saturated heterocycles. The van der Waals surface area contributed by atoms with Crippen LogP contribution in [-0.2, 0) is 0 Å². The summed E-state index contributed by atoms with van der Waals surface area (Å²) in [4.78, 5) is 13.7. The van der Waals surface area contributed by atoms with Gasteiger partial charge in [-0.2, -0.15) is 0 Å². The van der Waals surface area contributed by atoms with Crippen molar-refractivity contribution in [3.8, 4) is 0 Å². The van der Waals surface area contributed by atoms with Gasteiger partial charge in [-0.3, -0.25) is 4.79 Å². The molecule has 0 spiro atoms. The number of rotatable bonds is 3. The Labute approximate surface area is 148 Å². The molecule has 1 aromatic heterocycles. The molecule has 1 aliphatic rings. The van der Waals surface area contributed by atoms with Crippen molar-refractivity contribution in [1.82, 2.24) is 0 Å². The molecule has 1 aliphatic carbocycles. The predicted molar refractivity (Wildman–Crippen MR) is 96.9 cm³/mol. The van der Waals surface area contributed by atoms with Crippen molar-refractivity contribution >= 4 is 38.9 Å². The summed E-state index contributed by atoms with van der Waals surface area (Å²) >= 11 is 4.82. The first-order valence-electron chi connectivity index (χ1n) is 7.90. The average Bonchev–Trinajstić information content (AvgIpc) is 3.03. The van der Waals surface area contributed by atoms with E-state index in [1.807, 2.05) is 18.4 Å². The maximum absolute atomic E-state index is 13.7. The van der Waals surface area contributed by atoms with Crippen molar-refractivity contribution < 1.29 is 9.18 Å². The zero-order valence-electron chi connectivity index (χ0n) is 13.0. The van der Waals surface area contributed by atoms with Crippen LogP contribution in [0.3, 0.4) is 0 Å². The van der Waals surface area contributed by atoms with E-state index in [0.717, 1.165) is 5.56 Å². The normalized spacial score (nSPS) is 15.6. The molecule has 0 aliphatic heterocycles. The SMILES string of the molecule is Cc1cc(Br)c(F)cc1NC(=O)c1csc(C2CCCCC2)c1. The highest BCUT2D eigenvalue weighted by atomic mass is 79.9. The molecule has 0 bridgehead atoms. The van der Waals surface area contributed by atoms with Crippen molar-refractivity contribution in [2.75, 3.05) is 5.32 Å². The van der Waals surface area contributed by atoms with E-state index in [-0.39, 0.29) is 11.7 Å². The Bertz CT molecular complexity index is 722. The van der Waals surface area contributed by atoms with Gasteiger partial charge in [-0.1, -0.05) is 19.3 Å². The lowest BCUT2D eigenvalue weighted by Crippen LogP contribution is -2.12. The number of anilines is 1. The van der Waals surface area contributed by atoms with Crippen LogP contribution in [0.5, 0.6) is 0 Å². The third-order valence-corrected chi connectivity index (χ3v) is 6.11. The highest BCUT2D eigenvalue weighted by Crippen LogP contribution is 2.36. The summed E-state index contributed by atoms with van der Waals surface area (Å²) in [6, 6.07) is 5.03. The molecule has 5 heteroatoms. The Morgan fingerprint density at radius 1 is 1.26 bits per heavy atom. The Morgan fingerprint density at radius 2 is 2.00 bits per heavy atom. The van der Waals surface area contributed by atoms with Gasteiger partial charge in [0.1, 0.15) is 5.82 Å². The minimum atomic E-state index is -0.376. The highest BCUT2D eigenvalue weighted by molar-refractivity contribution is 9.10. The predicted octanol–water partition coefficient (Wildman–Crippen LogP) is 6.26. The number of halogens is 2. The molecule has 1 heterocycles. The van der Waals surface area contributed by atoms with Gasteiger partial charge in [0.05, 0.1) is 10.0 Å². The van der Waals surface area contributed by atoms with Crippen molar-refractivity contribution in [2.45, 2.75) is 44.9 Å². The molecular weight excluding hydrogens is 377 g/mol. The third kappa shape index (κ3) is 3.83. The second-order valence-electron chi connectivity index (χ2n) is 6.11. The van der Waals surface area contributed by atoms with Gasteiger partial charge >= 0.3 is 0 Å². The van der Waals surface area contributed by atoms with E-state index >= 15 is 0 Å². The maximum Gasteiger partial charge on any atom is 0.256 e. The van der Waals surface area contributed by atoms with Gasteiger partial charge in [-0.25, -0.2) is 4.39 Å². The summed E-state index contributed by atoms with van der Waals surface area (Å²) in [6.45, 7) is 1.85. The fraction of sp³-hybridized carbons (Fsp3) is 0.389. The number of nitrogens with one attached hydrogen (secondary N) is 1. The van der Waals surface area contributed by atoms with E-state index < -0.39 is 0 Å². The largest absolute Gasteiger partial charge is 0.322 e. The Hall–Kier alpha value is -1.20. The summed E-state index contributed by atoms with van der Waals surface area (Å²) in [5.74, 6) is 0.0504. The van der Waals surface area contributed by atoms with Crippen LogP contribution in [0.25, 0.3) is 0 Å². The van der Waals surface area contributed by atoms with Gasteiger partial charge in [-0.05, 0) is 65.4 Å². The summed E-state index contributed by atoms with van der Waals surface area (Å²) in [6.07, 6.45) is 6.32. The molecule has 1 amide bonds. The number of carbonyl (C=O) groups is 1. The summed E-state index contributed by atoms with van der Waals surface area (Å²) < 4.78 is 14.1. The van der Waals surface area contributed by atoms with Crippen LogP contribution in [0.2, 0.25) is 0 Å². The molecule has 0 unspecified atom stereocenters. The number of benzene rings is 1. The van der Waals surface area contributed by atoms with Crippen LogP contribution in [0.4, 0.5) is 10.1 Å². The van der Waals surface area contributed by atoms with E-state index in [4.69, 9.17) is 0 Å². The monoisotopic (exact) mass is 395 g/mol. The minimum Gasteiger partial charge on any atom is -0.322 e. The van der Waals surface area contributed by atoms with Gasteiger partial charge in [0.15, 0.2) is 0 Å². The van der Waals surface area contributed by atoms with Gasteiger partial charge in [-0.15, -0.1) is 11.3 Å². The van der Waals surface area contributed by atoms with Crippen LogP contribution in [0.15, 0.2) is 28.1 Å². The van der Waals surface area contributed by atoms with E-state index in [1.54, 1.807) is 17.4 Å². The lowest BCUT2D eigenvalue weighted by Gasteiger charge is -2.19. The van der Waals surface area contributed by atoms with Crippen LogP contribution in [0.1, 0.15) is 58.8 Å². The number of hydrogen-bond donors (Lipinski definition) is 1. The number of carbonyl (C=O) groups excluding carboxylic acids is 1. The molecule has 1 aromatic carbocycles. The zero-order valence-corrected chi connectivity index (χ0v) is 15.4. The first-order chi connectivity index (χ1) is 11.0. The lowest BCUT2D eigenvalue weighted by molar-refractivity contribution is 0.102. The minimum absolute atomic E-state index is 0.173. The van der Waals surface area contributed by atoms with Gasteiger partial charge in [0, 0.05) is 15.9 Å². The first-order valence-corrected chi connectivity index (χ1v) is 9.57. The van der Waals surface area contributed by atoms with Crippen molar-refractivity contribution in [3.05, 3.63) is 49.9 Å². The fourth-order valence-electron chi connectivity index (χ4n) is 3.05. The molecule has 23 heavy (non-hydrogen) atoms. The van der Waals surface area contributed by atoms with Crippen LogP contribution in [0, 0.1) is 12.7 Å². The van der Waals surface area contributed by atoms with E-state index in [1.165, 1.54) is 43.0 Å². The van der Waals surface area contributed by atoms with Crippen molar-refractivity contribution in [3.63, 3.8) is 0 Å².